The fraction of sp³-hybridized carbons (Fsp3) is 0.625. The number of rotatable bonds is 8. The van der Waals surface area contributed by atoms with Crippen molar-refractivity contribution in [2.45, 2.75) is 45.1 Å². The Labute approximate surface area is 194 Å². The van der Waals surface area contributed by atoms with Gasteiger partial charge in [-0.3, -0.25) is 14.5 Å². The third-order valence-corrected chi connectivity index (χ3v) is 6.74. The number of carbonyl (C=O) groups is 3. The maximum Gasteiger partial charge on any atom is 0.325 e. The van der Waals surface area contributed by atoms with Gasteiger partial charge < -0.3 is 15.1 Å². The molecule has 1 N–H and O–H groups in total. The predicted molar refractivity (Wildman–Crippen MR) is 121 cm³/mol. The summed E-state index contributed by atoms with van der Waals surface area (Å²) in [6, 6.07) is 2.98. The van der Waals surface area contributed by atoms with Crippen molar-refractivity contribution in [2.75, 3.05) is 40.3 Å². The number of benzene rings is 1. The zero-order chi connectivity index (χ0) is 24.3. The van der Waals surface area contributed by atoms with Gasteiger partial charge in [-0.2, -0.15) is 0 Å². The Bertz CT molecular complexity index is 879. The molecule has 0 aromatic heterocycles. The molecule has 1 unspecified atom stereocenters. The molecule has 3 rings (SSSR count). The lowest BCUT2D eigenvalue weighted by molar-refractivity contribution is -0.134. The molecule has 0 radical (unpaired) electrons. The van der Waals surface area contributed by atoms with Crippen LogP contribution in [0.4, 0.5) is 13.6 Å². The summed E-state index contributed by atoms with van der Waals surface area (Å²) in [5.41, 5.74) is -1.56. The Hall–Kier alpha value is -2.55. The first kappa shape index (κ1) is 25.1. The van der Waals surface area contributed by atoms with Crippen LogP contribution in [0, 0.1) is 23.5 Å². The highest BCUT2D eigenvalue weighted by Crippen LogP contribution is 2.38. The summed E-state index contributed by atoms with van der Waals surface area (Å²) in [5.74, 6) is -2.47. The van der Waals surface area contributed by atoms with E-state index in [-0.39, 0.29) is 30.9 Å². The quantitative estimate of drug-likeness (QED) is 0.600. The number of amides is 4. The second-order valence-corrected chi connectivity index (χ2v) is 9.76. The van der Waals surface area contributed by atoms with Crippen LogP contribution in [0.15, 0.2) is 18.2 Å². The van der Waals surface area contributed by atoms with Crippen LogP contribution in [0.1, 0.15) is 49.9 Å². The van der Waals surface area contributed by atoms with Gasteiger partial charge in [0.25, 0.3) is 11.8 Å². The molecule has 2 aliphatic rings. The van der Waals surface area contributed by atoms with Gasteiger partial charge >= 0.3 is 6.03 Å². The van der Waals surface area contributed by atoms with Crippen LogP contribution in [-0.2, 0) is 4.79 Å². The molecule has 2 aliphatic heterocycles. The molecule has 2 saturated heterocycles. The van der Waals surface area contributed by atoms with Crippen molar-refractivity contribution in [1.82, 2.24) is 20.0 Å². The molecule has 2 heterocycles. The number of hydrogen-bond donors (Lipinski definition) is 1. The molecule has 0 saturated carbocycles. The molecular formula is C24H34F2N4O3. The minimum atomic E-state index is -1.01. The molecule has 1 aromatic carbocycles. The van der Waals surface area contributed by atoms with Gasteiger partial charge in [0.15, 0.2) is 0 Å². The summed E-state index contributed by atoms with van der Waals surface area (Å²) in [4.78, 5) is 43.7. The summed E-state index contributed by atoms with van der Waals surface area (Å²) in [6.07, 6.45) is 2.22. The van der Waals surface area contributed by atoms with E-state index in [0.717, 1.165) is 18.6 Å². The fourth-order valence-electron chi connectivity index (χ4n) is 4.75. The molecule has 33 heavy (non-hydrogen) atoms. The van der Waals surface area contributed by atoms with E-state index in [0.29, 0.717) is 38.3 Å². The summed E-state index contributed by atoms with van der Waals surface area (Å²) in [5, 5.41) is 3.01. The Morgan fingerprint density at radius 2 is 1.79 bits per heavy atom. The van der Waals surface area contributed by atoms with E-state index in [4.69, 9.17) is 0 Å². The van der Waals surface area contributed by atoms with Gasteiger partial charge in [0.1, 0.15) is 22.7 Å². The van der Waals surface area contributed by atoms with Crippen molar-refractivity contribution in [1.29, 1.82) is 0 Å². The number of nitrogens with one attached hydrogen (secondary N) is 1. The SMILES string of the molecule is CC(C)CCC1(C2CCN(C(=O)c3c(F)cccc3F)CC2)NC(=O)N(CCN(C)C)C1=O. The molecule has 0 bridgehead atoms. The third kappa shape index (κ3) is 5.18. The van der Waals surface area contributed by atoms with Crippen LogP contribution in [0.3, 0.4) is 0 Å². The Morgan fingerprint density at radius 1 is 1.18 bits per heavy atom. The van der Waals surface area contributed by atoms with Gasteiger partial charge in [0, 0.05) is 26.2 Å². The van der Waals surface area contributed by atoms with Crippen LogP contribution in [0.25, 0.3) is 0 Å². The molecule has 2 fully saturated rings. The van der Waals surface area contributed by atoms with E-state index in [9.17, 15) is 23.2 Å². The van der Waals surface area contributed by atoms with E-state index < -0.39 is 28.6 Å². The fourth-order valence-corrected chi connectivity index (χ4v) is 4.75. The monoisotopic (exact) mass is 464 g/mol. The van der Waals surface area contributed by atoms with Gasteiger partial charge in [-0.05, 0) is 63.7 Å². The number of nitrogens with zero attached hydrogens (tertiary/aromatic N) is 3. The lowest BCUT2D eigenvalue weighted by Gasteiger charge is -2.41. The number of carbonyl (C=O) groups excluding carboxylic acids is 3. The Balaban J connectivity index is 1.77. The van der Waals surface area contributed by atoms with Gasteiger partial charge in [-0.25, -0.2) is 13.6 Å². The van der Waals surface area contributed by atoms with Gasteiger partial charge in [0.2, 0.25) is 0 Å². The maximum absolute atomic E-state index is 14.1. The molecule has 1 atom stereocenters. The normalized spacial score (nSPS) is 21.9. The van der Waals surface area contributed by atoms with Crippen molar-refractivity contribution in [2.24, 2.45) is 11.8 Å². The molecule has 4 amide bonds. The number of urea groups is 1. The van der Waals surface area contributed by atoms with Crippen molar-refractivity contribution in [3.8, 4) is 0 Å². The molecule has 1 aromatic rings. The zero-order valence-corrected chi connectivity index (χ0v) is 19.9. The second kappa shape index (κ2) is 10.2. The first-order chi connectivity index (χ1) is 15.6. The lowest BCUT2D eigenvalue weighted by atomic mass is 9.73. The van der Waals surface area contributed by atoms with Crippen LogP contribution in [-0.4, -0.2) is 78.4 Å². The number of likely N-dealkylation sites (N-methyl/N-ethyl adjacent to an activating group) is 1. The number of halogens is 2. The highest BCUT2D eigenvalue weighted by molar-refractivity contribution is 6.07. The van der Waals surface area contributed by atoms with Gasteiger partial charge in [-0.1, -0.05) is 19.9 Å². The molecule has 182 valence electrons. The summed E-state index contributed by atoms with van der Waals surface area (Å²) < 4.78 is 28.2. The lowest BCUT2D eigenvalue weighted by Crippen LogP contribution is -2.56. The van der Waals surface area contributed by atoms with Crippen LogP contribution in [0.5, 0.6) is 0 Å². The second-order valence-electron chi connectivity index (χ2n) is 9.76. The average Bonchev–Trinajstić information content (AvgIpc) is 3.00. The summed E-state index contributed by atoms with van der Waals surface area (Å²) in [7, 11) is 3.77. The predicted octanol–water partition coefficient (Wildman–Crippen LogP) is 3.11. The zero-order valence-electron chi connectivity index (χ0n) is 19.9. The number of likely N-dealkylation sites (tertiary alicyclic amines) is 1. The Morgan fingerprint density at radius 3 is 2.33 bits per heavy atom. The highest BCUT2D eigenvalue weighted by atomic mass is 19.1. The van der Waals surface area contributed by atoms with Crippen molar-refractivity contribution >= 4 is 17.8 Å². The minimum absolute atomic E-state index is 0.161. The molecule has 7 nitrogen and oxygen atoms in total. The molecular weight excluding hydrogens is 430 g/mol. The van der Waals surface area contributed by atoms with E-state index in [1.807, 2.05) is 19.0 Å². The molecule has 0 spiro atoms. The van der Waals surface area contributed by atoms with Crippen LogP contribution in [0.2, 0.25) is 0 Å². The minimum Gasteiger partial charge on any atom is -0.338 e. The topological polar surface area (TPSA) is 73.0 Å². The van der Waals surface area contributed by atoms with Crippen molar-refractivity contribution in [3.63, 3.8) is 0 Å². The summed E-state index contributed by atoms with van der Waals surface area (Å²) in [6.45, 7) is 5.56. The van der Waals surface area contributed by atoms with E-state index in [2.05, 4.69) is 19.2 Å². The number of hydrogen-bond acceptors (Lipinski definition) is 4. The first-order valence-electron chi connectivity index (χ1n) is 11.6. The van der Waals surface area contributed by atoms with E-state index in [1.165, 1.54) is 15.9 Å². The largest absolute Gasteiger partial charge is 0.338 e. The smallest absolute Gasteiger partial charge is 0.325 e. The number of piperidine rings is 1. The number of imide groups is 1. The third-order valence-electron chi connectivity index (χ3n) is 6.74. The van der Waals surface area contributed by atoms with E-state index in [1.54, 1.807) is 0 Å². The van der Waals surface area contributed by atoms with Crippen LogP contribution < -0.4 is 5.32 Å². The molecule has 9 heteroatoms. The van der Waals surface area contributed by atoms with Crippen LogP contribution >= 0.6 is 0 Å². The average molecular weight is 465 g/mol. The van der Waals surface area contributed by atoms with E-state index >= 15 is 0 Å². The van der Waals surface area contributed by atoms with Crippen molar-refractivity contribution in [3.05, 3.63) is 35.4 Å². The van der Waals surface area contributed by atoms with Gasteiger partial charge in [-0.15, -0.1) is 0 Å². The highest BCUT2D eigenvalue weighted by Gasteiger charge is 2.55. The first-order valence-corrected chi connectivity index (χ1v) is 11.6. The Kier molecular flexibility index (Phi) is 7.72. The van der Waals surface area contributed by atoms with Crippen molar-refractivity contribution < 1.29 is 23.2 Å². The standard InChI is InChI=1S/C24H34F2N4O3/c1-16(2)8-11-24(22(32)30(23(33)27-24)15-14-28(3)4)17-9-12-29(13-10-17)21(31)20-18(25)6-5-7-19(20)26/h5-7,16-17H,8-15H2,1-4H3,(H,27,33). The molecule has 0 aliphatic carbocycles. The maximum atomic E-state index is 14.1. The van der Waals surface area contributed by atoms with Gasteiger partial charge in [0.05, 0.1) is 0 Å². The summed E-state index contributed by atoms with van der Waals surface area (Å²) >= 11 is 0.